The number of benzene rings is 2. The molecule has 0 bridgehead atoms. The molecule has 2 aromatic carbocycles. The van der Waals surface area contributed by atoms with Gasteiger partial charge in [0, 0.05) is 35.4 Å². The molecule has 2 aromatic heterocycles. The maximum Gasteiger partial charge on any atom is 0.417 e. The number of carbonyl (C=O) groups excluding carboxylic acids is 1. The molecular weight excluding hydrogens is 441 g/mol. The molecule has 0 radical (unpaired) electrons. The minimum atomic E-state index is -0.704. The molecule has 33 heavy (non-hydrogen) atoms. The molecule has 0 atom stereocenters. The van der Waals surface area contributed by atoms with E-state index in [9.17, 15) is 9.18 Å². The number of carbonyl (C=O) groups is 1. The zero-order valence-corrected chi connectivity index (χ0v) is 19.2. The molecule has 0 aliphatic heterocycles. The summed E-state index contributed by atoms with van der Waals surface area (Å²) in [6.07, 6.45) is 0.948. The number of ether oxygens (including phenoxy) is 2. The van der Waals surface area contributed by atoms with E-state index >= 15 is 0 Å². The largest absolute Gasteiger partial charge is 0.453 e. The van der Waals surface area contributed by atoms with Crippen LogP contribution in [0.1, 0.15) is 18.7 Å². The van der Waals surface area contributed by atoms with Crippen molar-refractivity contribution < 1.29 is 18.7 Å². The fourth-order valence-electron chi connectivity index (χ4n) is 3.31. The Morgan fingerprint density at radius 3 is 2.58 bits per heavy atom. The molecule has 170 valence electrons. The minimum Gasteiger partial charge on any atom is -0.453 e. The number of anilines is 1. The number of rotatable bonds is 8. The molecule has 4 aromatic rings. The van der Waals surface area contributed by atoms with Crippen molar-refractivity contribution >= 4 is 33.3 Å². The minimum absolute atomic E-state index is 0.0585. The molecule has 0 aliphatic rings. The summed E-state index contributed by atoms with van der Waals surface area (Å²) >= 11 is 1.60. The third-order valence-corrected chi connectivity index (χ3v) is 6.18. The van der Waals surface area contributed by atoms with Gasteiger partial charge in [0.1, 0.15) is 11.5 Å². The molecule has 0 saturated heterocycles. The van der Waals surface area contributed by atoms with Crippen LogP contribution in [-0.2, 0) is 6.54 Å². The van der Waals surface area contributed by atoms with Gasteiger partial charge in [-0.15, -0.1) is 11.3 Å². The van der Waals surface area contributed by atoms with E-state index in [1.54, 1.807) is 53.9 Å². The standard InChI is InChI=1S/C25H24FN3O3S/c1-3-29(4-2)16-19-15-21-24(33-19)23(12-13-27-21)32-22-11-10-17(14-20(22)26)28-25(30)31-18-8-6-5-7-9-18/h5-15H,3-4,16H2,1-2H3,(H,28,30). The van der Waals surface area contributed by atoms with Gasteiger partial charge in [0.05, 0.1) is 10.2 Å². The van der Waals surface area contributed by atoms with Crippen molar-refractivity contribution in [3.8, 4) is 17.2 Å². The van der Waals surface area contributed by atoms with Gasteiger partial charge < -0.3 is 9.47 Å². The number of amides is 1. The fraction of sp³-hybridized carbons (Fsp3) is 0.200. The van der Waals surface area contributed by atoms with Gasteiger partial charge in [-0.1, -0.05) is 32.0 Å². The highest BCUT2D eigenvalue weighted by Gasteiger charge is 2.14. The third kappa shape index (κ3) is 5.66. The van der Waals surface area contributed by atoms with E-state index in [-0.39, 0.29) is 11.4 Å². The summed E-state index contributed by atoms with van der Waals surface area (Å²) in [5.74, 6) is 0.396. The van der Waals surface area contributed by atoms with Crippen LogP contribution < -0.4 is 14.8 Å². The number of para-hydroxylation sites is 1. The Kier molecular flexibility index (Phi) is 7.16. The van der Waals surface area contributed by atoms with Gasteiger partial charge in [0.2, 0.25) is 0 Å². The van der Waals surface area contributed by atoms with Crippen molar-refractivity contribution in [2.45, 2.75) is 20.4 Å². The third-order valence-electron chi connectivity index (χ3n) is 5.05. The highest BCUT2D eigenvalue weighted by molar-refractivity contribution is 7.19. The summed E-state index contributed by atoms with van der Waals surface area (Å²) in [7, 11) is 0. The van der Waals surface area contributed by atoms with E-state index in [4.69, 9.17) is 9.47 Å². The molecule has 0 spiro atoms. The highest BCUT2D eigenvalue weighted by Crippen LogP contribution is 2.36. The SMILES string of the molecule is CCN(CC)Cc1cc2nccc(Oc3ccc(NC(=O)Oc4ccccc4)cc3F)c2s1. The quantitative estimate of drug-likeness (QED) is 0.314. The zero-order valence-electron chi connectivity index (χ0n) is 18.4. The van der Waals surface area contributed by atoms with Gasteiger partial charge in [-0.25, -0.2) is 9.18 Å². The Balaban J connectivity index is 1.47. The van der Waals surface area contributed by atoms with E-state index in [0.717, 1.165) is 29.9 Å². The zero-order chi connectivity index (χ0) is 23.2. The van der Waals surface area contributed by atoms with Crippen molar-refractivity contribution in [1.29, 1.82) is 0 Å². The van der Waals surface area contributed by atoms with E-state index in [2.05, 4.69) is 29.0 Å². The van der Waals surface area contributed by atoms with Crippen molar-refractivity contribution in [3.63, 3.8) is 0 Å². The lowest BCUT2D eigenvalue weighted by Gasteiger charge is -2.16. The summed E-state index contributed by atoms with van der Waals surface area (Å²) < 4.78 is 26.7. The second kappa shape index (κ2) is 10.4. The first-order valence-electron chi connectivity index (χ1n) is 10.7. The summed E-state index contributed by atoms with van der Waals surface area (Å²) in [5, 5.41) is 2.52. The lowest BCUT2D eigenvalue weighted by molar-refractivity contribution is 0.215. The van der Waals surface area contributed by atoms with Crippen molar-refractivity contribution in [3.05, 3.63) is 77.6 Å². The number of aromatic nitrogens is 1. The molecule has 4 rings (SSSR count). The average molecular weight is 466 g/mol. The normalized spacial score (nSPS) is 11.0. The molecule has 1 amide bonds. The monoisotopic (exact) mass is 465 g/mol. The first kappa shape index (κ1) is 22.7. The lowest BCUT2D eigenvalue weighted by Crippen LogP contribution is -2.21. The maximum atomic E-state index is 14.7. The van der Waals surface area contributed by atoms with Crippen LogP contribution >= 0.6 is 11.3 Å². The number of hydrogen-bond acceptors (Lipinski definition) is 6. The molecule has 6 nitrogen and oxygen atoms in total. The van der Waals surface area contributed by atoms with Crippen molar-refractivity contribution in [2.24, 2.45) is 0 Å². The topological polar surface area (TPSA) is 63.7 Å². The highest BCUT2D eigenvalue weighted by atomic mass is 32.1. The summed E-state index contributed by atoms with van der Waals surface area (Å²) in [5.41, 5.74) is 1.08. The van der Waals surface area contributed by atoms with Gasteiger partial charge in [0.15, 0.2) is 11.6 Å². The lowest BCUT2D eigenvalue weighted by atomic mass is 10.3. The first-order valence-corrected chi connectivity index (χ1v) is 11.5. The number of halogens is 1. The van der Waals surface area contributed by atoms with Crippen LogP contribution in [0.25, 0.3) is 10.2 Å². The number of fused-ring (bicyclic) bond motifs is 1. The van der Waals surface area contributed by atoms with E-state index < -0.39 is 11.9 Å². The molecule has 0 fully saturated rings. The molecule has 0 saturated carbocycles. The average Bonchev–Trinajstić information content (AvgIpc) is 3.23. The number of hydrogen-bond donors (Lipinski definition) is 1. The molecular formula is C25H24FN3O3S. The number of nitrogens with one attached hydrogen (secondary N) is 1. The smallest absolute Gasteiger partial charge is 0.417 e. The van der Waals surface area contributed by atoms with Crippen molar-refractivity contribution in [2.75, 3.05) is 18.4 Å². The Morgan fingerprint density at radius 2 is 1.85 bits per heavy atom. The van der Waals surface area contributed by atoms with Gasteiger partial charge in [0.25, 0.3) is 0 Å². The van der Waals surface area contributed by atoms with E-state index in [1.165, 1.54) is 17.0 Å². The van der Waals surface area contributed by atoms with Gasteiger partial charge in [-0.3, -0.25) is 15.2 Å². The first-order chi connectivity index (χ1) is 16.1. The number of thiophene rings is 1. The summed E-state index contributed by atoms with van der Waals surface area (Å²) in [6.45, 7) is 7.03. The molecule has 1 N–H and O–H groups in total. The number of pyridine rings is 1. The summed E-state index contributed by atoms with van der Waals surface area (Å²) in [4.78, 5) is 20.0. The van der Waals surface area contributed by atoms with Crippen LogP contribution in [0.4, 0.5) is 14.9 Å². The molecule has 2 heterocycles. The Labute approximate surface area is 195 Å². The number of nitrogens with zero attached hydrogens (tertiary/aromatic N) is 2. The van der Waals surface area contributed by atoms with Crippen LogP contribution in [0.15, 0.2) is 66.9 Å². The Morgan fingerprint density at radius 1 is 1.06 bits per heavy atom. The Bertz CT molecular complexity index is 1240. The van der Waals surface area contributed by atoms with Crippen LogP contribution in [0.2, 0.25) is 0 Å². The van der Waals surface area contributed by atoms with Crippen LogP contribution in [0, 0.1) is 5.82 Å². The van der Waals surface area contributed by atoms with E-state index in [1.807, 2.05) is 12.1 Å². The van der Waals surface area contributed by atoms with Gasteiger partial charge in [-0.2, -0.15) is 0 Å². The predicted molar refractivity (Wildman–Crippen MR) is 129 cm³/mol. The van der Waals surface area contributed by atoms with E-state index in [0.29, 0.717) is 11.5 Å². The maximum absolute atomic E-state index is 14.7. The van der Waals surface area contributed by atoms with Gasteiger partial charge in [-0.05, 0) is 43.4 Å². The fourth-order valence-corrected chi connectivity index (χ4v) is 4.42. The van der Waals surface area contributed by atoms with Crippen LogP contribution in [0.5, 0.6) is 17.2 Å². The van der Waals surface area contributed by atoms with Crippen LogP contribution in [0.3, 0.4) is 0 Å². The van der Waals surface area contributed by atoms with Gasteiger partial charge >= 0.3 is 6.09 Å². The molecule has 0 unspecified atom stereocenters. The molecule has 8 heteroatoms. The second-order valence-electron chi connectivity index (χ2n) is 7.27. The van der Waals surface area contributed by atoms with Crippen molar-refractivity contribution in [1.82, 2.24) is 9.88 Å². The molecule has 0 aliphatic carbocycles. The Hall–Kier alpha value is -3.49. The second-order valence-corrected chi connectivity index (χ2v) is 8.41. The predicted octanol–water partition coefficient (Wildman–Crippen LogP) is 6.68. The summed E-state index contributed by atoms with van der Waals surface area (Å²) in [6, 6.07) is 16.6. The van der Waals surface area contributed by atoms with Crippen LogP contribution in [-0.4, -0.2) is 29.1 Å².